The van der Waals surface area contributed by atoms with Crippen LogP contribution in [0.15, 0.2) is 82.0 Å². The number of benzene rings is 3. The summed E-state index contributed by atoms with van der Waals surface area (Å²) in [5, 5.41) is 0.827. The van der Waals surface area contributed by atoms with E-state index in [0.29, 0.717) is 34.6 Å². The summed E-state index contributed by atoms with van der Waals surface area (Å²) in [5.41, 5.74) is 4.38. The highest BCUT2D eigenvalue weighted by atomic mass is 16.5. The average Bonchev–Trinajstić information content (AvgIpc) is 3.16. The maximum atomic E-state index is 12.9. The predicted octanol–water partition coefficient (Wildman–Crippen LogP) is 4.95. The quantitative estimate of drug-likeness (QED) is 0.301. The zero-order valence-electron chi connectivity index (χ0n) is 17.7. The van der Waals surface area contributed by atoms with Gasteiger partial charge in [-0.15, -0.1) is 0 Å². The highest BCUT2D eigenvalue weighted by Gasteiger charge is 2.19. The largest absolute Gasteiger partial charge is 0.465 e. The molecule has 32 heavy (non-hydrogen) atoms. The fourth-order valence-electron chi connectivity index (χ4n) is 3.91. The van der Waals surface area contributed by atoms with E-state index in [1.165, 1.54) is 7.11 Å². The Balaban J connectivity index is 1.76. The van der Waals surface area contributed by atoms with Crippen molar-refractivity contribution >= 4 is 28.0 Å². The molecule has 0 spiro atoms. The molecule has 0 saturated heterocycles. The molecule has 0 atom stereocenters. The van der Waals surface area contributed by atoms with Crippen LogP contribution < -0.4 is 5.63 Å². The Bertz CT molecular complexity index is 1530. The number of imidazole rings is 1. The van der Waals surface area contributed by atoms with E-state index in [2.05, 4.69) is 0 Å². The second-order valence-corrected chi connectivity index (χ2v) is 7.69. The van der Waals surface area contributed by atoms with Gasteiger partial charge in [0, 0.05) is 11.9 Å². The number of hydrogen-bond acceptors (Lipinski definition) is 5. The summed E-state index contributed by atoms with van der Waals surface area (Å²) in [5.74, 6) is 0.0507. The molecule has 0 unspecified atom stereocenters. The molecule has 6 heteroatoms. The molecule has 0 aliphatic carbocycles. The first-order valence-electron chi connectivity index (χ1n) is 10.2. The average molecular weight is 424 g/mol. The van der Waals surface area contributed by atoms with Crippen LogP contribution >= 0.6 is 0 Å². The third-order valence-electron chi connectivity index (χ3n) is 5.48. The highest BCUT2D eigenvalue weighted by Crippen LogP contribution is 2.27. The third-order valence-corrected chi connectivity index (χ3v) is 5.48. The van der Waals surface area contributed by atoms with Crippen molar-refractivity contribution in [2.24, 2.45) is 0 Å². The van der Waals surface area contributed by atoms with Crippen molar-refractivity contribution in [1.29, 1.82) is 0 Å². The second kappa shape index (κ2) is 7.81. The fraction of sp³-hybridized carbons (Fsp3) is 0.115. The van der Waals surface area contributed by atoms with Crippen LogP contribution in [0, 0.1) is 6.92 Å². The zero-order valence-corrected chi connectivity index (χ0v) is 17.7. The van der Waals surface area contributed by atoms with Crippen molar-refractivity contribution in [3.63, 3.8) is 0 Å². The van der Waals surface area contributed by atoms with Gasteiger partial charge in [0.2, 0.25) is 0 Å². The molecule has 2 aromatic heterocycles. The van der Waals surface area contributed by atoms with Crippen molar-refractivity contribution in [2.75, 3.05) is 7.11 Å². The third kappa shape index (κ3) is 3.46. The molecule has 3 aromatic carbocycles. The zero-order chi connectivity index (χ0) is 22.2. The van der Waals surface area contributed by atoms with E-state index in [-0.39, 0.29) is 0 Å². The van der Waals surface area contributed by atoms with Gasteiger partial charge in [0.1, 0.15) is 17.0 Å². The molecule has 158 valence electrons. The Hall–Kier alpha value is -4.19. The maximum absolute atomic E-state index is 12.9. The molecule has 0 amide bonds. The normalized spacial score (nSPS) is 11.2. The number of nitrogens with zero attached hydrogens (tertiary/aromatic N) is 2. The van der Waals surface area contributed by atoms with Crippen LogP contribution in [0.5, 0.6) is 0 Å². The molecule has 5 aromatic rings. The van der Waals surface area contributed by atoms with E-state index in [1.54, 1.807) is 18.2 Å². The lowest BCUT2D eigenvalue weighted by Crippen LogP contribution is -2.09. The summed E-state index contributed by atoms with van der Waals surface area (Å²) in [6, 6.07) is 22.6. The summed E-state index contributed by atoms with van der Waals surface area (Å²) in [7, 11) is 1.34. The van der Waals surface area contributed by atoms with Crippen LogP contribution in [0.3, 0.4) is 0 Å². The monoisotopic (exact) mass is 424 g/mol. The van der Waals surface area contributed by atoms with Gasteiger partial charge in [0.05, 0.1) is 23.7 Å². The first kappa shape index (κ1) is 19.8. The number of rotatable bonds is 4. The number of carbonyl (C=O) groups is 1. The van der Waals surface area contributed by atoms with Gasteiger partial charge in [-0.25, -0.2) is 14.6 Å². The molecule has 5 rings (SSSR count). The summed E-state index contributed by atoms with van der Waals surface area (Å²) < 4.78 is 12.4. The Morgan fingerprint density at radius 3 is 2.62 bits per heavy atom. The molecule has 0 N–H and O–H groups in total. The van der Waals surface area contributed by atoms with E-state index < -0.39 is 11.6 Å². The molecular formula is C26H20N2O4. The van der Waals surface area contributed by atoms with Gasteiger partial charge in [0.15, 0.2) is 0 Å². The molecule has 6 nitrogen and oxygen atoms in total. The number of carbonyl (C=O) groups excluding carboxylic acids is 1. The number of aryl methyl sites for hydroxylation is 1. The number of hydrogen-bond donors (Lipinski definition) is 0. The topological polar surface area (TPSA) is 74.3 Å². The lowest BCUT2D eigenvalue weighted by atomic mass is 10.1. The van der Waals surface area contributed by atoms with Crippen molar-refractivity contribution in [3.8, 4) is 11.4 Å². The van der Waals surface area contributed by atoms with Gasteiger partial charge >= 0.3 is 11.6 Å². The van der Waals surface area contributed by atoms with Gasteiger partial charge < -0.3 is 13.7 Å². The Kier molecular flexibility index (Phi) is 4.82. The van der Waals surface area contributed by atoms with Gasteiger partial charge in [-0.2, -0.15) is 0 Å². The van der Waals surface area contributed by atoms with Gasteiger partial charge in [0.25, 0.3) is 0 Å². The van der Waals surface area contributed by atoms with Gasteiger partial charge in [-0.05, 0) is 48.9 Å². The first-order chi connectivity index (χ1) is 15.5. The molecule has 0 aliphatic rings. The number of aromatic nitrogens is 2. The fourth-order valence-corrected chi connectivity index (χ4v) is 3.91. The molecule has 2 heterocycles. The van der Waals surface area contributed by atoms with Crippen LogP contribution in [-0.4, -0.2) is 22.6 Å². The summed E-state index contributed by atoms with van der Waals surface area (Å²) in [6.07, 6.45) is 0. The molecule has 0 radical (unpaired) electrons. The van der Waals surface area contributed by atoms with Crippen molar-refractivity contribution in [3.05, 3.63) is 99.9 Å². The van der Waals surface area contributed by atoms with E-state index in [4.69, 9.17) is 14.1 Å². The first-order valence-corrected chi connectivity index (χ1v) is 10.2. The Morgan fingerprint density at radius 2 is 1.84 bits per heavy atom. The van der Waals surface area contributed by atoms with Crippen molar-refractivity contribution in [1.82, 2.24) is 9.55 Å². The SMILES string of the molecule is COC(=O)c1ccc2c(c1)nc(-c1cc3cc(C)ccc3oc1=O)n2Cc1ccccc1. The number of ether oxygens (including phenoxy) is 1. The van der Waals surface area contributed by atoms with Crippen LogP contribution in [0.25, 0.3) is 33.4 Å². The standard InChI is InChI=1S/C26H20N2O4/c1-16-8-11-23-19(12-16)13-20(26(30)32-23)24-27-21-14-18(25(29)31-2)9-10-22(21)28(24)15-17-6-4-3-5-7-17/h3-14H,15H2,1-2H3. The lowest BCUT2D eigenvalue weighted by Gasteiger charge is -2.10. The van der Waals surface area contributed by atoms with Gasteiger partial charge in [-0.3, -0.25) is 0 Å². The lowest BCUT2D eigenvalue weighted by molar-refractivity contribution is 0.0601. The van der Waals surface area contributed by atoms with Gasteiger partial charge in [-0.1, -0.05) is 42.0 Å². The summed E-state index contributed by atoms with van der Waals surface area (Å²) in [4.78, 5) is 29.7. The maximum Gasteiger partial charge on any atom is 0.347 e. The van der Waals surface area contributed by atoms with Crippen LogP contribution in [0.4, 0.5) is 0 Å². The van der Waals surface area contributed by atoms with E-state index in [9.17, 15) is 9.59 Å². The second-order valence-electron chi connectivity index (χ2n) is 7.69. The molecular weight excluding hydrogens is 404 g/mol. The van der Waals surface area contributed by atoms with Crippen molar-refractivity contribution in [2.45, 2.75) is 13.5 Å². The Labute approximate surface area is 183 Å². The number of esters is 1. The molecule has 0 bridgehead atoms. The summed E-state index contributed by atoms with van der Waals surface area (Å²) in [6.45, 7) is 2.50. The predicted molar refractivity (Wildman–Crippen MR) is 123 cm³/mol. The van der Waals surface area contributed by atoms with Crippen LogP contribution in [-0.2, 0) is 11.3 Å². The highest BCUT2D eigenvalue weighted by molar-refractivity contribution is 5.94. The minimum Gasteiger partial charge on any atom is -0.465 e. The summed E-state index contributed by atoms with van der Waals surface area (Å²) >= 11 is 0. The Morgan fingerprint density at radius 1 is 1.03 bits per heavy atom. The van der Waals surface area contributed by atoms with Crippen molar-refractivity contribution < 1.29 is 13.9 Å². The minimum atomic E-state index is -0.459. The van der Waals surface area contributed by atoms with E-state index in [0.717, 1.165) is 22.0 Å². The van der Waals surface area contributed by atoms with E-state index in [1.807, 2.05) is 66.1 Å². The molecule has 0 fully saturated rings. The number of fused-ring (bicyclic) bond motifs is 2. The number of methoxy groups -OCH3 is 1. The van der Waals surface area contributed by atoms with E-state index >= 15 is 0 Å². The molecule has 0 aliphatic heterocycles. The molecule has 0 saturated carbocycles. The van der Waals surface area contributed by atoms with Crippen LogP contribution in [0.2, 0.25) is 0 Å². The minimum absolute atomic E-state index is 0.370. The smallest absolute Gasteiger partial charge is 0.347 e. The van der Waals surface area contributed by atoms with Crippen LogP contribution in [0.1, 0.15) is 21.5 Å².